The Hall–Kier alpha value is -0.830. The fourth-order valence-electron chi connectivity index (χ4n) is 4.30. The van der Waals surface area contributed by atoms with Crippen molar-refractivity contribution in [3.05, 3.63) is 18.0 Å². The van der Waals surface area contributed by atoms with Crippen molar-refractivity contribution in [1.82, 2.24) is 15.1 Å². The minimum atomic E-state index is 0.412. The van der Waals surface area contributed by atoms with E-state index in [2.05, 4.69) is 37.4 Å². The van der Waals surface area contributed by atoms with Crippen LogP contribution in [-0.4, -0.2) is 15.8 Å². The van der Waals surface area contributed by atoms with E-state index in [1.54, 1.807) is 0 Å². The molecule has 1 heterocycles. The molecule has 5 atom stereocenters. The highest BCUT2D eigenvalue weighted by Crippen LogP contribution is 2.49. The molecule has 2 fully saturated rings. The number of nitrogens with zero attached hydrogens (tertiary/aromatic N) is 2. The Morgan fingerprint density at radius 2 is 2.21 bits per heavy atom. The normalized spacial score (nSPS) is 32.7. The Bertz CT molecular complexity index is 425. The predicted octanol–water partition coefficient (Wildman–Crippen LogP) is 3.38. The molecule has 0 spiro atoms. The van der Waals surface area contributed by atoms with Gasteiger partial charge >= 0.3 is 0 Å². The van der Waals surface area contributed by atoms with Crippen LogP contribution in [0.1, 0.15) is 58.1 Å². The number of rotatable bonds is 5. The summed E-state index contributed by atoms with van der Waals surface area (Å²) in [5.74, 6) is 2.94. The third kappa shape index (κ3) is 2.58. The second kappa shape index (κ2) is 5.28. The van der Waals surface area contributed by atoms with E-state index in [1.165, 1.54) is 31.2 Å². The third-order valence-corrected chi connectivity index (χ3v) is 5.43. The number of hydrogen-bond donors (Lipinski definition) is 1. The Morgan fingerprint density at radius 3 is 2.79 bits per heavy atom. The van der Waals surface area contributed by atoms with Gasteiger partial charge in [-0.25, -0.2) is 0 Å². The summed E-state index contributed by atoms with van der Waals surface area (Å²) < 4.78 is 2.01. The summed E-state index contributed by atoms with van der Waals surface area (Å²) in [4.78, 5) is 0. The van der Waals surface area contributed by atoms with Crippen LogP contribution in [0.5, 0.6) is 0 Å². The first-order chi connectivity index (χ1) is 9.17. The SMILES string of the molecule is CCn1cc(C(C)NC(C)C2CC3CCC2C3)cn1. The molecule has 3 heteroatoms. The van der Waals surface area contributed by atoms with Gasteiger partial charge in [0.25, 0.3) is 0 Å². The summed E-state index contributed by atoms with van der Waals surface area (Å²) in [5.41, 5.74) is 1.32. The Morgan fingerprint density at radius 1 is 1.37 bits per heavy atom. The number of nitrogens with one attached hydrogen (secondary N) is 1. The summed E-state index contributed by atoms with van der Waals surface area (Å²) in [7, 11) is 0. The molecule has 0 saturated heterocycles. The van der Waals surface area contributed by atoms with Crippen molar-refractivity contribution in [3.8, 4) is 0 Å². The smallest absolute Gasteiger partial charge is 0.0537 e. The van der Waals surface area contributed by atoms with E-state index < -0.39 is 0 Å². The fourth-order valence-corrected chi connectivity index (χ4v) is 4.30. The van der Waals surface area contributed by atoms with Crippen molar-refractivity contribution in [2.75, 3.05) is 0 Å². The van der Waals surface area contributed by atoms with Crippen LogP contribution in [-0.2, 0) is 6.54 Å². The van der Waals surface area contributed by atoms with Crippen molar-refractivity contribution in [2.24, 2.45) is 17.8 Å². The molecule has 0 amide bonds. The summed E-state index contributed by atoms with van der Waals surface area (Å²) in [5, 5.41) is 8.18. The van der Waals surface area contributed by atoms with Crippen LogP contribution in [0.15, 0.2) is 12.4 Å². The molecule has 2 saturated carbocycles. The average Bonchev–Trinajstić information content (AvgIpc) is 3.13. The van der Waals surface area contributed by atoms with E-state index in [0.29, 0.717) is 12.1 Å². The predicted molar refractivity (Wildman–Crippen MR) is 77.9 cm³/mol. The molecule has 3 rings (SSSR count). The van der Waals surface area contributed by atoms with Gasteiger partial charge in [-0.1, -0.05) is 6.42 Å². The maximum absolute atomic E-state index is 4.38. The molecule has 19 heavy (non-hydrogen) atoms. The van der Waals surface area contributed by atoms with E-state index >= 15 is 0 Å². The summed E-state index contributed by atoms with van der Waals surface area (Å²) in [6.07, 6.45) is 10.1. The van der Waals surface area contributed by atoms with Crippen LogP contribution in [0.3, 0.4) is 0 Å². The number of fused-ring (bicyclic) bond motifs is 2. The largest absolute Gasteiger partial charge is 0.307 e. The van der Waals surface area contributed by atoms with Gasteiger partial charge in [0.15, 0.2) is 0 Å². The van der Waals surface area contributed by atoms with E-state index in [4.69, 9.17) is 0 Å². The van der Waals surface area contributed by atoms with Crippen LogP contribution in [0.2, 0.25) is 0 Å². The highest BCUT2D eigenvalue weighted by Gasteiger charge is 2.41. The van der Waals surface area contributed by atoms with Crippen molar-refractivity contribution in [1.29, 1.82) is 0 Å². The van der Waals surface area contributed by atoms with Crippen LogP contribution < -0.4 is 5.32 Å². The van der Waals surface area contributed by atoms with Crippen molar-refractivity contribution in [2.45, 2.75) is 65.1 Å². The lowest BCUT2D eigenvalue weighted by atomic mass is 9.83. The summed E-state index contributed by atoms with van der Waals surface area (Å²) in [6.45, 7) is 7.73. The zero-order chi connectivity index (χ0) is 13.4. The molecule has 1 aromatic rings. The minimum Gasteiger partial charge on any atom is -0.307 e. The zero-order valence-corrected chi connectivity index (χ0v) is 12.5. The van der Waals surface area contributed by atoms with Crippen LogP contribution >= 0.6 is 0 Å². The molecule has 0 radical (unpaired) electrons. The lowest BCUT2D eigenvalue weighted by Crippen LogP contribution is -2.37. The lowest BCUT2D eigenvalue weighted by Gasteiger charge is -2.30. The van der Waals surface area contributed by atoms with Gasteiger partial charge in [0.05, 0.1) is 6.20 Å². The molecule has 2 bridgehead atoms. The van der Waals surface area contributed by atoms with Crippen molar-refractivity contribution < 1.29 is 0 Å². The molecule has 1 aromatic heterocycles. The van der Waals surface area contributed by atoms with Gasteiger partial charge in [-0.2, -0.15) is 5.10 Å². The van der Waals surface area contributed by atoms with E-state index in [0.717, 1.165) is 24.3 Å². The monoisotopic (exact) mass is 261 g/mol. The van der Waals surface area contributed by atoms with E-state index in [1.807, 2.05) is 10.9 Å². The number of aryl methyl sites for hydroxylation is 1. The molecule has 3 nitrogen and oxygen atoms in total. The maximum atomic E-state index is 4.38. The van der Waals surface area contributed by atoms with E-state index in [-0.39, 0.29) is 0 Å². The van der Waals surface area contributed by atoms with Gasteiger partial charge in [-0.05, 0) is 57.8 Å². The van der Waals surface area contributed by atoms with Gasteiger partial charge in [0.1, 0.15) is 0 Å². The molecule has 5 unspecified atom stereocenters. The molecular formula is C16H27N3. The molecule has 1 N–H and O–H groups in total. The molecule has 2 aliphatic rings. The maximum Gasteiger partial charge on any atom is 0.0537 e. The van der Waals surface area contributed by atoms with Crippen LogP contribution in [0.25, 0.3) is 0 Å². The first-order valence-corrected chi connectivity index (χ1v) is 7.95. The summed E-state index contributed by atoms with van der Waals surface area (Å²) in [6, 6.07) is 1.05. The second-order valence-corrected chi connectivity index (χ2v) is 6.65. The van der Waals surface area contributed by atoms with Crippen molar-refractivity contribution >= 4 is 0 Å². The standard InChI is InChI=1S/C16H27N3/c1-4-19-10-15(9-17-19)11(2)18-12(3)16-8-13-5-6-14(16)7-13/h9-14,16,18H,4-8H2,1-3H3. The highest BCUT2D eigenvalue weighted by molar-refractivity contribution is 5.10. The van der Waals surface area contributed by atoms with Gasteiger partial charge in [0, 0.05) is 30.4 Å². The zero-order valence-electron chi connectivity index (χ0n) is 12.5. The van der Waals surface area contributed by atoms with Gasteiger partial charge in [-0.15, -0.1) is 0 Å². The lowest BCUT2D eigenvalue weighted by molar-refractivity contribution is 0.248. The molecule has 106 valence electrons. The van der Waals surface area contributed by atoms with Crippen LogP contribution in [0, 0.1) is 17.8 Å². The fraction of sp³-hybridized carbons (Fsp3) is 0.812. The highest BCUT2D eigenvalue weighted by atomic mass is 15.3. The second-order valence-electron chi connectivity index (χ2n) is 6.65. The first-order valence-electron chi connectivity index (χ1n) is 7.95. The topological polar surface area (TPSA) is 29.9 Å². The molecule has 2 aliphatic carbocycles. The Kier molecular flexibility index (Phi) is 3.66. The Labute approximate surface area is 116 Å². The van der Waals surface area contributed by atoms with E-state index in [9.17, 15) is 0 Å². The first kappa shape index (κ1) is 13.2. The minimum absolute atomic E-state index is 0.412. The average molecular weight is 261 g/mol. The van der Waals surface area contributed by atoms with Gasteiger partial charge < -0.3 is 5.32 Å². The quantitative estimate of drug-likeness (QED) is 0.880. The molecule has 0 aliphatic heterocycles. The molecule has 0 aromatic carbocycles. The van der Waals surface area contributed by atoms with Gasteiger partial charge in [0.2, 0.25) is 0 Å². The van der Waals surface area contributed by atoms with Crippen LogP contribution in [0.4, 0.5) is 0 Å². The number of aromatic nitrogens is 2. The van der Waals surface area contributed by atoms with Gasteiger partial charge in [-0.3, -0.25) is 4.68 Å². The Balaban J connectivity index is 1.58. The molecular weight excluding hydrogens is 234 g/mol. The third-order valence-electron chi connectivity index (χ3n) is 5.43. The number of hydrogen-bond acceptors (Lipinski definition) is 2. The van der Waals surface area contributed by atoms with Crippen molar-refractivity contribution in [3.63, 3.8) is 0 Å². The summed E-state index contributed by atoms with van der Waals surface area (Å²) >= 11 is 0.